The quantitative estimate of drug-likeness (QED) is 0.795. The summed E-state index contributed by atoms with van der Waals surface area (Å²) in [7, 11) is 0. The molecule has 3 rings (SSSR count). The number of aromatic nitrogens is 3. The van der Waals surface area contributed by atoms with Crippen molar-refractivity contribution in [2.45, 2.75) is 13.5 Å². The summed E-state index contributed by atoms with van der Waals surface area (Å²) in [4.78, 5) is 9.38. The minimum atomic E-state index is 0.574. The minimum absolute atomic E-state index is 0.574. The van der Waals surface area contributed by atoms with Crippen LogP contribution in [0.3, 0.4) is 0 Å². The highest BCUT2D eigenvalue weighted by atomic mass is 35.5. The maximum atomic E-state index is 5.82. The summed E-state index contributed by atoms with van der Waals surface area (Å²) < 4.78 is 2.62. The molecule has 102 valence electrons. The molecule has 0 radical (unpaired) electrons. The molecule has 1 N–H and O–H groups in total. The molecule has 4 nitrogen and oxygen atoms in total. The largest absolute Gasteiger partial charge is 0.380 e. The number of anilines is 1. The van der Waals surface area contributed by atoms with Gasteiger partial charge in [-0.05, 0) is 25.1 Å². The van der Waals surface area contributed by atoms with Crippen LogP contribution in [0.1, 0.15) is 10.7 Å². The molecular formula is C14H13ClN4S. The summed E-state index contributed by atoms with van der Waals surface area (Å²) in [6.45, 7) is 2.70. The molecule has 0 saturated carbocycles. The number of benzene rings is 1. The average molecular weight is 305 g/mol. The van der Waals surface area contributed by atoms with E-state index in [1.165, 1.54) is 11.3 Å². The van der Waals surface area contributed by atoms with Gasteiger partial charge < -0.3 is 9.88 Å². The van der Waals surface area contributed by atoms with Gasteiger partial charge in [-0.15, -0.1) is 11.3 Å². The van der Waals surface area contributed by atoms with E-state index in [9.17, 15) is 0 Å². The van der Waals surface area contributed by atoms with Gasteiger partial charge in [0.25, 0.3) is 0 Å². The van der Waals surface area contributed by atoms with Crippen LogP contribution < -0.4 is 5.32 Å². The number of nitrogens with zero attached hydrogens (tertiary/aromatic N) is 3. The van der Waals surface area contributed by atoms with Crippen LogP contribution in [0.25, 0.3) is 5.69 Å². The van der Waals surface area contributed by atoms with E-state index in [1.54, 1.807) is 12.4 Å². The van der Waals surface area contributed by atoms with E-state index in [4.69, 9.17) is 11.6 Å². The van der Waals surface area contributed by atoms with Gasteiger partial charge in [-0.1, -0.05) is 17.7 Å². The number of hydrogen-bond donors (Lipinski definition) is 1. The van der Waals surface area contributed by atoms with Crippen molar-refractivity contribution in [3.05, 3.63) is 58.0 Å². The summed E-state index contributed by atoms with van der Waals surface area (Å²) in [5, 5.41) is 3.37. The summed E-state index contributed by atoms with van der Waals surface area (Å²) in [5.41, 5.74) is 2.15. The summed E-state index contributed by atoms with van der Waals surface area (Å²) in [6, 6.07) is 8.22. The molecular weight excluding hydrogens is 292 g/mol. The maximum absolute atomic E-state index is 5.82. The molecule has 1 aromatic carbocycles. The van der Waals surface area contributed by atoms with Gasteiger partial charge in [0, 0.05) is 34.8 Å². The van der Waals surface area contributed by atoms with Crippen LogP contribution >= 0.6 is 22.9 Å². The van der Waals surface area contributed by atoms with E-state index in [2.05, 4.69) is 32.0 Å². The highest BCUT2D eigenvalue weighted by Gasteiger charge is 2.03. The van der Waals surface area contributed by atoms with Crippen molar-refractivity contribution in [1.29, 1.82) is 0 Å². The molecule has 0 aliphatic heterocycles. The normalized spacial score (nSPS) is 10.7. The van der Waals surface area contributed by atoms with Crippen LogP contribution in [0.5, 0.6) is 0 Å². The summed E-state index contributed by atoms with van der Waals surface area (Å²) in [5.74, 6) is 0.969. The standard InChI is InChI=1S/C14H13ClN4S/c1-10-16-5-6-19(10)12-4-2-3-11(7-12)17-8-13-9-18-14(15)20-13/h2-7,9,17H,8H2,1H3. The van der Waals surface area contributed by atoms with E-state index in [-0.39, 0.29) is 0 Å². The first-order valence-electron chi connectivity index (χ1n) is 6.17. The Morgan fingerprint density at radius 3 is 2.95 bits per heavy atom. The number of imidazole rings is 1. The van der Waals surface area contributed by atoms with Crippen LogP contribution in [0.15, 0.2) is 42.9 Å². The Labute approximate surface area is 126 Å². The van der Waals surface area contributed by atoms with Crippen molar-refractivity contribution in [2.75, 3.05) is 5.32 Å². The van der Waals surface area contributed by atoms with Crippen molar-refractivity contribution >= 4 is 28.6 Å². The number of aryl methyl sites for hydroxylation is 1. The third-order valence-electron chi connectivity index (χ3n) is 2.94. The van der Waals surface area contributed by atoms with Crippen LogP contribution in [-0.4, -0.2) is 14.5 Å². The maximum Gasteiger partial charge on any atom is 0.183 e. The van der Waals surface area contributed by atoms with E-state index in [0.717, 1.165) is 28.6 Å². The summed E-state index contributed by atoms with van der Waals surface area (Å²) >= 11 is 7.31. The second-order valence-corrected chi connectivity index (χ2v) is 6.03. The van der Waals surface area contributed by atoms with Crippen LogP contribution in [-0.2, 0) is 6.54 Å². The van der Waals surface area contributed by atoms with Gasteiger partial charge in [-0.25, -0.2) is 9.97 Å². The van der Waals surface area contributed by atoms with Gasteiger partial charge in [0.2, 0.25) is 0 Å². The molecule has 2 heterocycles. The predicted octanol–water partition coefficient (Wildman–Crippen LogP) is 3.90. The fourth-order valence-corrected chi connectivity index (χ4v) is 2.89. The Morgan fingerprint density at radius 1 is 1.35 bits per heavy atom. The molecule has 0 atom stereocenters. The Kier molecular flexibility index (Phi) is 3.71. The first-order chi connectivity index (χ1) is 9.72. The predicted molar refractivity (Wildman–Crippen MR) is 82.8 cm³/mol. The van der Waals surface area contributed by atoms with Crippen molar-refractivity contribution in [3.8, 4) is 5.69 Å². The number of halogens is 1. The Bertz CT molecular complexity index is 719. The molecule has 3 aromatic rings. The first-order valence-corrected chi connectivity index (χ1v) is 7.36. The third-order valence-corrected chi connectivity index (χ3v) is 4.06. The zero-order valence-electron chi connectivity index (χ0n) is 10.9. The van der Waals surface area contributed by atoms with Crippen molar-refractivity contribution < 1.29 is 0 Å². The lowest BCUT2D eigenvalue weighted by atomic mass is 10.2. The second-order valence-electron chi connectivity index (χ2n) is 4.33. The van der Waals surface area contributed by atoms with Gasteiger partial charge in [-0.3, -0.25) is 0 Å². The smallest absolute Gasteiger partial charge is 0.183 e. The number of thiazole rings is 1. The lowest BCUT2D eigenvalue weighted by Crippen LogP contribution is -2.00. The third kappa shape index (κ3) is 2.84. The molecule has 0 fully saturated rings. The molecule has 0 amide bonds. The highest BCUT2D eigenvalue weighted by molar-refractivity contribution is 7.15. The Morgan fingerprint density at radius 2 is 2.25 bits per heavy atom. The lowest BCUT2D eigenvalue weighted by molar-refractivity contribution is 0.974. The molecule has 0 aliphatic carbocycles. The van der Waals surface area contributed by atoms with Gasteiger partial charge in [0.15, 0.2) is 4.47 Å². The van der Waals surface area contributed by atoms with Crippen LogP contribution in [0.4, 0.5) is 5.69 Å². The van der Waals surface area contributed by atoms with E-state index in [1.807, 2.05) is 25.3 Å². The molecule has 2 aromatic heterocycles. The van der Waals surface area contributed by atoms with E-state index >= 15 is 0 Å². The van der Waals surface area contributed by atoms with E-state index in [0.29, 0.717) is 4.47 Å². The molecule has 6 heteroatoms. The number of nitrogens with one attached hydrogen (secondary N) is 1. The van der Waals surface area contributed by atoms with Gasteiger partial charge in [-0.2, -0.15) is 0 Å². The molecule has 0 bridgehead atoms. The molecule has 0 unspecified atom stereocenters. The van der Waals surface area contributed by atoms with Gasteiger partial charge >= 0.3 is 0 Å². The van der Waals surface area contributed by atoms with Crippen LogP contribution in [0.2, 0.25) is 4.47 Å². The zero-order chi connectivity index (χ0) is 13.9. The molecule has 0 saturated heterocycles. The molecule has 0 aliphatic rings. The highest BCUT2D eigenvalue weighted by Crippen LogP contribution is 2.20. The average Bonchev–Trinajstić information content (AvgIpc) is 3.05. The molecule has 20 heavy (non-hydrogen) atoms. The summed E-state index contributed by atoms with van der Waals surface area (Å²) in [6.07, 6.45) is 5.55. The van der Waals surface area contributed by atoms with Gasteiger partial charge in [0.1, 0.15) is 5.82 Å². The van der Waals surface area contributed by atoms with Crippen molar-refractivity contribution in [2.24, 2.45) is 0 Å². The van der Waals surface area contributed by atoms with E-state index < -0.39 is 0 Å². The van der Waals surface area contributed by atoms with Crippen LogP contribution in [0, 0.1) is 6.92 Å². The fourth-order valence-electron chi connectivity index (χ4n) is 1.97. The van der Waals surface area contributed by atoms with Crippen molar-refractivity contribution in [3.63, 3.8) is 0 Å². The fraction of sp³-hybridized carbons (Fsp3) is 0.143. The monoisotopic (exact) mass is 304 g/mol. The number of rotatable bonds is 4. The first kappa shape index (κ1) is 13.1. The minimum Gasteiger partial charge on any atom is -0.380 e. The number of hydrogen-bond acceptors (Lipinski definition) is 4. The topological polar surface area (TPSA) is 42.7 Å². The lowest BCUT2D eigenvalue weighted by Gasteiger charge is -2.09. The zero-order valence-corrected chi connectivity index (χ0v) is 12.4. The second kappa shape index (κ2) is 5.64. The Hall–Kier alpha value is -1.85. The molecule has 0 spiro atoms. The Balaban J connectivity index is 1.76. The van der Waals surface area contributed by atoms with Gasteiger partial charge in [0.05, 0.1) is 6.54 Å². The SMILES string of the molecule is Cc1nccn1-c1cccc(NCc2cnc(Cl)s2)c1. The van der Waals surface area contributed by atoms with Crippen molar-refractivity contribution in [1.82, 2.24) is 14.5 Å².